The van der Waals surface area contributed by atoms with Crippen molar-refractivity contribution in [1.82, 2.24) is 0 Å². The third-order valence-electron chi connectivity index (χ3n) is 1.61. The summed E-state index contributed by atoms with van der Waals surface area (Å²) < 4.78 is 50.3. The fourth-order valence-electron chi connectivity index (χ4n) is 0.874. The van der Waals surface area contributed by atoms with E-state index in [2.05, 4.69) is 0 Å². The van der Waals surface area contributed by atoms with Gasteiger partial charge in [0.2, 0.25) is 0 Å². The molecule has 0 spiro atoms. The van der Waals surface area contributed by atoms with E-state index in [9.17, 15) is 17.6 Å². The molecule has 0 fully saturated rings. The average molecular weight is 189 g/mol. The lowest BCUT2D eigenvalue weighted by atomic mass is 10.1. The lowest BCUT2D eigenvalue weighted by molar-refractivity contribution is 0.404. The SMILES string of the molecule is Cc1c(F)c(F)c(F)c(F)c1C#N. The van der Waals surface area contributed by atoms with E-state index in [-0.39, 0.29) is 0 Å². The summed E-state index contributed by atoms with van der Waals surface area (Å²) in [5.41, 5.74) is -1.34. The van der Waals surface area contributed by atoms with Gasteiger partial charge < -0.3 is 0 Å². The zero-order valence-corrected chi connectivity index (χ0v) is 6.46. The Balaban J connectivity index is 3.69. The van der Waals surface area contributed by atoms with Crippen LogP contribution in [0.4, 0.5) is 17.6 Å². The van der Waals surface area contributed by atoms with Crippen molar-refractivity contribution >= 4 is 0 Å². The van der Waals surface area contributed by atoms with Crippen molar-refractivity contribution in [3.05, 3.63) is 34.4 Å². The smallest absolute Gasteiger partial charge is 0.198 e. The van der Waals surface area contributed by atoms with Gasteiger partial charge in [0, 0.05) is 5.56 Å². The first-order valence-electron chi connectivity index (χ1n) is 3.23. The molecule has 0 saturated carbocycles. The Bertz CT molecular complexity index is 377. The maximum absolute atomic E-state index is 12.7. The Morgan fingerprint density at radius 3 is 1.85 bits per heavy atom. The van der Waals surface area contributed by atoms with Crippen LogP contribution >= 0.6 is 0 Å². The molecule has 13 heavy (non-hydrogen) atoms. The van der Waals surface area contributed by atoms with Crippen molar-refractivity contribution in [2.45, 2.75) is 6.92 Å². The highest BCUT2D eigenvalue weighted by Gasteiger charge is 2.22. The van der Waals surface area contributed by atoms with Gasteiger partial charge in [0.15, 0.2) is 23.3 Å². The van der Waals surface area contributed by atoms with Crippen LogP contribution in [0.3, 0.4) is 0 Å². The molecular formula is C8H3F4N. The second-order valence-electron chi connectivity index (χ2n) is 2.37. The zero-order valence-electron chi connectivity index (χ0n) is 6.46. The summed E-state index contributed by atoms with van der Waals surface area (Å²) in [6, 6.07) is 1.25. The average Bonchev–Trinajstić information content (AvgIpc) is 2.13. The van der Waals surface area contributed by atoms with Crippen molar-refractivity contribution in [2.75, 3.05) is 0 Å². The van der Waals surface area contributed by atoms with Crippen molar-refractivity contribution < 1.29 is 17.6 Å². The number of halogens is 4. The fraction of sp³-hybridized carbons (Fsp3) is 0.125. The maximum atomic E-state index is 12.7. The molecule has 0 amide bonds. The monoisotopic (exact) mass is 189 g/mol. The van der Waals surface area contributed by atoms with E-state index >= 15 is 0 Å². The molecule has 1 rings (SSSR count). The summed E-state index contributed by atoms with van der Waals surface area (Å²) in [4.78, 5) is 0. The summed E-state index contributed by atoms with van der Waals surface area (Å²) in [5, 5.41) is 8.29. The third-order valence-corrected chi connectivity index (χ3v) is 1.61. The van der Waals surface area contributed by atoms with Gasteiger partial charge in [0.25, 0.3) is 0 Å². The van der Waals surface area contributed by atoms with Crippen LogP contribution in [0.1, 0.15) is 11.1 Å². The molecule has 0 bridgehead atoms. The molecule has 0 atom stereocenters. The molecule has 68 valence electrons. The predicted molar refractivity (Wildman–Crippen MR) is 35.7 cm³/mol. The highest BCUT2D eigenvalue weighted by atomic mass is 19.2. The highest BCUT2D eigenvalue weighted by Crippen LogP contribution is 2.22. The van der Waals surface area contributed by atoms with Crippen LogP contribution in [0.25, 0.3) is 0 Å². The Morgan fingerprint density at radius 1 is 0.923 bits per heavy atom. The molecule has 0 aliphatic heterocycles. The first kappa shape index (κ1) is 9.52. The molecule has 0 N–H and O–H groups in total. The largest absolute Gasteiger partial charge is 0.203 e. The van der Waals surface area contributed by atoms with Gasteiger partial charge in [-0.05, 0) is 6.92 Å². The number of nitrogens with zero attached hydrogens (tertiary/aromatic N) is 1. The number of hydrogen-bond donors (Lipinski definition) is 0. The molecule has 5 heteroatoms. The topological polar surface area (TPSA) is 23.8 Å². The van der Waals surface area contributed by atoms with E-state index in [0.717, 1.165) is 6.92 Å². The van der Waals surface area contributed by atoms with Crippen LogP contribution in [-0.4, -0.2) is 0 Å². The fourth-order valence-corrected chi connectivity index (χ4v) is 0.874. The molecule has 1 nitrogen and oxygen atoms in total. The van der Waals surface area contributed by atoms with Gasteiger partial charge in [-0.15, -0.1) is 0 Å². The molecule has 0 aliphatic carbocycles. The molecule has 0 unspecified atom stereocenters. The van der Waals surface area contributed by atoms with Crippen LogP contribution in [-0.2, 0) is 0 Å². The molecule has 0 aliphatic rings. The number of nitriles is 1. The van der Waals surface area contributed by atoms with Crippen molar-refractivity contribution in [2.24, 2.45) is 0 Å². The minimum absolute atomic E-state index is 0.529. The minimum atomic E-state index is -1.96. The number of benzene rings is 1. The van der Waals surface area contributed by atoms with Crippen LogP contribution < -0.4 is 0 Å². The van der Waals surface area contributed by atoms with Gasteiger partial charge in [0.05, 0.1) is 5.56 Å². The van der Waals surface area contributed by atoms with E-state index in [0.29, 0.717) is 0 Å². The summed E-state index contributed by atoms with van der Waals surface area (Å²) in [6.45, 7) is 0.999. The second kappa shape index (κ2) is 3.05. The van der Waals surface area contributed by atoms with Gasteiger partial charge in [-0.3, -0.25) is 0 Å². The van der Waals surface area contributed by atoms with E-state index < -0.39 is 34.4 Å². The molecule has 1 aromatic carbocycles. The Morgan fingerprint density at radius 2 is 1.38 bits per heavy atom. The molecule has 0 heterocycles. The van der Waals surface area contributed by atoms with Crippen LogP contribution in [0.2, 0.25) is 0 Å². The standard InChI is InChI=1S/C8H3F4N/c1-3-4(2-13)6(10)8(12)7(11)5(3)9/h1H3. The molecule has 0 saturated heterocycles. The van der Waals surface area contributed by atoms with Gasteiger partial charge >= 0.3 is 0 Å². The molecule has 0 aromatic heterocycles. The van der Waals surface area contributed by atoms with E-state index in [1.165, 1.54) is 6.07 Å². The van der Waals surface area contributed by atoms with Gasteiger partial charge in [-0.2, -0.15) is 5.26 Å². The Labute approximate surface area is 71.2 Å². The molecule has 0 radical (unpaired) electrons. The van der Waals surface area contributed by atoms with E-state index in [1.54, 1.807) is 0 Å². The first-order chi connectivity index (χ1) is 6.00. The van der Waals surface area contributed by atoms with E-state index in [4.69, 9.17) is 5.26 Å². The van der Waals surface area contributed by atoms with Crippen molar-refractivity contribution in [3.8, 4) is 6.07 Å². The Hall–Kier alpha value is -1.57. The lowest BCUT2D eigenvalue weighted by Gasteiger charge is -2.03. The Kier molecular flexibility index (Phi) is 2.24. The summed E-state index contributed by atoms with van der Waals surface area (Å²) >= 11 is 0. The van der Waals surface area contributed by atoms with Crippen LogP contribution in [0.5, 0.6) is 0 Å². The normalized spacial score (nSPS) is 9.85. The van der Waals surface area contributed by atoms with Gasteiger partial charge in [0.1, 0.15) is 6.07 Å². The van der Waals surface area contributed by atoms with E-state index in [1.807, 2.05) is 0 Å². The van der Waals surface area contributed by atoms with Gasteiger partial charge in [-0.25, -0.2) is 17.6 Å². The summed E-state index contributed by atoms with van der Waals surface area (Å²) in [6.07, 6.45) is 0. The zero-order chi connectivity index (χ0) is 10.2. The summed E-state index contributed by atoms with van der Waals surface area (Å²) in [5.74, 6) is -7.04. The minimum Gasteiger partial charge on any atom is -0.203 e. The molecule has 1 aromatic rings. The van der Waals surface area contributed by atoms with Crippen LogP contribution in [0, 0.1) is 41.5 Å². The summed E-state index contributed by atoms with van der Waals surface area (Å²) in [7, 11) is 0. The third kappa shape index (κ3) is 1.24. The van der Waals surface area contributed by atoms with Gasteiger partial charge in [-0.1, -0.05) is 0 Å². The quantitative estimate of drug-likeness (QED) is 0.349. The highest BCUT2D eigenvalue weighted by molar-refractivity contribution is 5.39. The van der Waals surface area contributed by atoms with Crippen molar-refractivity contribution in [3.63, 3.8) is 0 Å². The maximum Gasteiger partial charge on any atom is 0.198 e. The van der Waals surface area contributed by atoms with Crippen molar-refractivity contribution in [1.29, 1.82) is 5.26 Å². The lowest BCUT2D eigenvalue weighted by Crippen LogP contribution is -2.03. The predicted octanol–water partition coefficient (Wildman–Crippen LogP) is 2.42. The van der Waals surface area contributed by atoms with Crippen LogP contribution in [0.15, 0.2) is 0 Å². The second-order valence-corrected chi connectivity index (χ2v) is 2.37. The number of rotatable bonds is 0. The first-order valence-corrected chi connectivity index (χ1v) is 3.23. The number of hydrogen-bond acceptors (Lipinski definition) is 1. The molecular weight excluding hydrogens is 186 g/mol.